The van der Waals surface area contributed by atoms with Crippen molar-refractivity contribution in [2.24, 2.45) is 0 Å². The summed E-state index contributed by atoms with van der Waals surface area (Å²) in [6, 6.07) is 0. The van der Waals surface area contributed by atoms with Gasteiger partial charge >= 0.3 is 18.9 Å². The fraction of sp³-hybridized carbons (Fsp3) is 0.500. The second-order valence-corrected chi connectivity index (χ2v) is 0.105. The molecule has 0 aliphatic rings. The molecule has 0 aromatic carbocycles. The Kier molecular flexibility index (Phi) is 218. The quantitative estimate of drug-likeness (QED) is 0.293. The smallest absolute Gasteiger partial charge is 1.00 e. The molecule has 0 fully saturated rings. The van der Waals surface area contributed by atoms with E-state index in [4.69, 9.17) is 9.90 Å². The van der Waals surface area contributed by atoms with Crippen molar-refractivity contribution < 1.29 is 49.7 Å². The Hall–Kier alpha value is 0.691. The fourth-order valence-electron chi connectivity index (χ4n) is 0. The van der Waals surface area contributed by atoms with Gasteiger partial charge in [-0.05, 0) is 0 Å². The summed E-state index contributed by atoms with van der Waals surface area (Å²) in [4.78, 5) is 8.36. The van der Waals surface area contributed by atoms with E-state index in [1.165, 1.54) is 0 Å². The minimum atomic E-state index is -0.250. The SMILES string of the molecule is C.O=CO.[H-].[Li+].[Zn]. The molecule has 0 aromatic rings. The van der Waals surface area contributed by atoms with Crippen molar-refractivity contribution in [1.82, 2.24) is 0 Å². The van der Waals surface area contributed by atoms with Crippen LogP contribution in [-0.2, 0) is 24.3 Å². The molecule has 2 nitrogen and oxygen atoms in total. The predicted molar refractivity (Wildman–Crippen MR) is 16.5 cm³/mol. The monoisotopic (exact) mass is 134 g/mol. The molecule has 0 spiro atoms. The van der Waals surface area contributed by atoms with Gasteiger partial charge in [-0.2, -0.15) is 0 Å². The van der Waals surface area contributed by atoms with Crippen molar-refractivity contribution in [3.63, 3.8) is 0 Å². The number of hydrogen-bond acceptors (Lipinski definition) is 1. The Bertz CT molecular complexity index is 23.2. The molecule has 1 N–H and O–H groups in total. The zero-order chi connectivity index (χ0) is 2.71. The molecule has 0 aromatic heterocycles. The second kappa shape index (κ2) is 43.8. The predicted octanol–water partition coefficient (Wildman–Crippen LogP) is -2.55. The minimum absolute atomic E-state index is 0. The molecular weight excluding hydrogens is 128 g/mol. The van der Waals surface area contributed by atoms with Crippen LogP contribution in [0, 0.1) is 0 Å². The maximum Gasteiger partial charge on any atom is 1.00 e. The van der Waals surface area contributed by atoms with Gasteiger partial charge in [-0.15, -0.1) is 0 Å². The third-order valence-electron chi connectivity index (χ3n) is 0. The number of carboxylic acid groups (broad SMARTS) is 1. The average Bonchev–Trinajstić information content (AvgIpc) is 0.918. The van der Waals surface area contributed by atoms with E-state index in [-0.39, 0.29) is 53.7 Å². The van der Waals surface area contributed by atoms with E-state index < -0.39 is 0 Å². The molecule has 0 aliphatic heterocycles. The van der Waals surface area contributed by atoms with Gasteiger partial charge < -0.3 is 6.53 Å². The first-order chi connectivity index (χ1) is 1.41. The Labute approximate surface area is 63.7 Å². The van der Waals surface area contributed by atoms with E-state index in [1.54, 1.807) is 0 Å². The van der Waals surface area contributed by atoms with Crippen LogP contribution in [0.15, 0.2) is 0 Å². The molecule has 0 aliphatic carbocycles. The van der Waals surface area contributed by atoms with E-state index >= 15 is 0 Å². The maximum atomic E-state index is 8.36. The van der Waals surface area contributed by atoms with Crippen LogP contribution in [0.5, 0.6) is 0 Å². The van der Waals surface area contributed by atoms with Crippen molar-refractivity contribution in [1.29, 1.82) is 0 Å². The van der Waals surface area contributed by atoms with Crippen LogP contribution in [0.3, 0.4) is 0 Å². The summed E-state index contributed by atoms with van der Waals surface area (Å²) < 4.78 is 0. The van der Waals surface area contributed by atoms with E-state index in [2.05, 4.69) is 0 Å². The Morgan fingerprint density at radius 3 is 1.67 bits per heavy atom. The van der Waals surface area contributed by atoms with Gasteiger partial charge in [0.15, 0.2) is 0 Å². The maximum absolute atomic E-state index is 8.36. The Balaban J connectivity index is -0.00000000333. The van der Waals surface area contributed by atoms with Gasteiger partial charge in [0.05, 0.1) is 0 Å². The third-order valence-corrected chi connectivity index (χ3v) is 0. The molecule has 30 valence electrons. The van der Waals surface area contributed by atoms with Crippen molar-refractivity contribution in [3.05, 3.63) is 0 Å². The molecule has 0 saturated carbocycles. The van der Waals surface area contributed by atoms with E-state index in [0.29, 0.717) is 0 Å². The number of carbonyl (C=O) groups is 1. The number of hydrogen-bond donors (Lipinski definition) is 1. The van der Waals surface area contributed by atoms with Gasteiger partial charge in [0.2, 0.25) is 0 Å². The number of rotatable bonds is 0. The second-order valence-electron chi connectivity index (χ2n) is 0.105. The Morgan fingerprint density at radius 1 is 1.67 bits per heavy atom. The summed E-state index contributed by atoms with van der Waals surface area (Å²) in [6.07, 6.45) is 0. The van der Waals surface area contributed by atoms with Gasteiger partial charge in [0.1, 0.15) is 0 Å². The van der Waals surface area contributed by atoms with Crippen LogP contribution in [0.2, 0.25) is 0 Å². The van der Waals surface area contributed by atoms with Gasteiger partial charge in [-0.25, -0.2) is 0 Å². The third kappa shape index (κ3) is 134. The van der Waals surface area contributed by atoms with E-state index in [9.17, 15) is 0 Å². The van der Waals surface area contributed by atoms with Crippen molar-refractivity contribution in [2.45, 2.75) is 7.43 Å². The standard InChI is InChI=1S/CH2O2.CH4.Li.Zn.H/c2-1-3;;;;/h1H,(H,2,3);1H4;;;/q;;+1;;-1. The topological polar surface area (TPSA) is 37.3 Å². The summed E-state index contributed by atoms with van der Waals surface area (Å²) in [6.45, 7) is -0.250. The van der Waals surface area contributed by atoms with E-state index in [1.807, 2.05) is 0 Å². The Morgan fingerprint density at radius 2 is 1.67 bits per heavy atom. The van der Waals surface area contributed by atoms with Crippen LogP contribution in [-0.4, -0.2) is 11.6 Å². The molecule has 0 atom stereocenters. The molecule has 0 rings (SSSR count). The first-order valence-corrected chi connectivity index (χ1v) is 0.494. The summed E-state index contributed by atoms with van der Waals surface area (Å²) in [7, 11) is 0. The molecular formula is C2H7LiO2Zn. The van der Waals surface area contributed by atoms with Gasteiger partial charge in [-0.1, -0.05) is 7.43 Å². The van der Waals surface area contributed by atoms with Crippen LogP contribution in [0.25, 0.3) is 0 Å². The zero-order valence-electron chi connectivity index (χ0n) is 4.14. The molecule has 0 bridgehead atoms. The molecule has 6 heavy (non-hydrogen) atoms. The van der Waals surface area contributed by atoms with Crippen molar-refractivity contribution in [3.8, 4) is 0 Å². The largest absolute Gasteiger partial charge is 1.00 e. The first-order valence-electron chi connectivity index (χ1n) is 0.494. The molecule has 0 heterocycles. The summed E-state index contributed by atoms with van der Waals surface area (Å²) >= 11 is 0. The van der Waals surface area contributed by atoms with Crippen LogP contribution in [0.1, 0.15) is 8.85 Å². The summed E-state index contributed by atoms with van der Waals surface area (Å²) in [5.41, 5.74) is 0. The molecule has 0 amide bonds. The molecule has 0 radical (unpaired) electrons. The molecule has 4 heteroatoms. The zero-order valence-corrected chi connectivity index (χ0v) is 6.11. The fourth-order valence-corrected chi connectivity index (χ4v) is 0. The normalized spacial score (nSPS) is 2.00. The van der Waals surface area contributed by atoms with Gasteiger partial charge in [-0.3, -0.25) is 4.79 Å². The van der Waals surface area contributed by atoms with E-state index in [0.717, 1.165) is 0 Å². The average molecular weight is 135 g/mol. The summed E-state index contributed by atoms with van der Waals surface area (Å²) in [5, 5.41) is 6.89. The van der Waals surface area contributed by atoms with Gasteiger partial charge in [0, 0.05) is 19.5 Å². The van der Waals surface area contributed by atoms with Crippen LogP contribution < -0.4 is 18.9 Å². The van der Waals surface area contributed by atoms with Crippen LogP contribution in [0.4, 0.5) is 0 Å². The summed E-state index contributed by atoms with van der Waals surface area (Å²) in [5.74, 6) is 0. The van der Waals surface area contributed by atoms with Crippen LogP contribution >= 0.6 is 0 Å². The van der Waals surface area contributed by atoms with Crippen molar-refractivity contribution in [2.75, 3.05) is 0 Å². The van der Waals surface area contributed by atoms with Gasteiger partial charge in [0.25, 0.3) is 6.47 Å². The molecule has 0 unspecified atom stereocenters. The minimum Gasteiger partial charge on any atom is -1.00 e. The molecule has 0 saturated heterocycles. The first kappa shape index (κ1) is 29.9. The van der Waals surface area contributed by atoms with Crippen molar-refractivity contribution >= 4 is 6.47 Å².